The van der Waals surface area contributed by atoms with Gasteiger partial charge >= 0.3 is 0 Å². The van der Waals surface area contributed by atoms with Gasteiger partial charge in [-0.05, 0) is 31.5 Å². The molecule has 32 heavy (non-hydrogen) atoms. The van der Waals surface area contributed by atoms with Crippen molar-refractivity contribution in [3.05, 3.63) is 41.2 Å². The lowest BCUT2D eigenvalue weighted by Gasteiger charge is -2.47. The molecule has 4 rings (SSSR count). The number of anilines is 2. The third-order valence-corrected chi connectivity index (χ3v) is 6.45. The summed E-state index contributed by atoms with van der Waals surface area (Å²) < 4.78 is 1.58. The Labute approximate surface area is 190 Å². The van der Waals surface area contributed by atoms with Gasteiger partial charge in [0.15, 0.2) is 5.82 Å². The third-order valence-electron chi connectivity index (χ3n) is 6.16. The van der Waals surface area contributed by atoms with Crippen LogP contribution in [-0.4, -0.2) is 49.9 Å². The second-order valence-electron chi connectivity index (χ2n) is 7.88. The van der Waals surface area contributed by atoms with Crippen molar-refractivity contribution in [2.24, 2.45) is 0 Å². The molecule has 0 saturated carbocycles. The first-order chi connectivity index (χ1) is 15.2. The van der Waals surface area contributed by atoms with Crippen LogP contribution in [0.1, 0.15) is 32.8 Å². The summed E-state index contributed by atoms with van der Waals surface area (Å²) in [5.41, 5.74) is 7.65. The Hall–Kier alpha value is -3.64. The standard InChI is InChI=1S/C22H22ClN7O2/c1-4-22(3)21(32)28(7-8-29(22)13(2)31)17-9-14(5-6-15(17)11-24)18-10-16(23)19-20(25)26-12-27-30(18)19/h5-6,9-10,12H,4,7-8H2,1-3H3,(H2,25,26,27)/t22-/m1/s1. The average Bonchev–Trinajstić information content (AvgIpc) is 3.12. The number of piperazine rings is 1. The predicted molar refractivity (Wildman–Crippen MR) is 121 cm³/mol. The van der Waals surface area contributed by atoms with Gasteiger partial charge in [0, 0.05) is 25.6 Å². The van der Waals surface area contributed by atoms with Gasteiger partial charge in [-0.25, -0.2) is 9.50 Å². The maximum Gasteiger partial charge on any atom is 0.252 e. The number of halogens is 1. The molecule has 1 fully saturated rings. The Morgan fingerprint density at radius 3 is 2.75 bits per heavy atom. The van der Waals surface area contributed by atoms with E-state index in [-0.39, 0.29) is 24.2 Å². The molecule has 1 aliphatic rings. The number of carbonyl (C=O) groups excluding carboxylic acids is 2. The van der Waals surface area contributed by atoms with Gasteiger partial charge in [-0.15, -0.1) is 0 Å². The van der Waals surface area contributed by atoms with Crippen LogP contribution in [0.15, 0.2) is 30.6 Å². The zero-order chi connectivity index (χ0) is 23.2. The number of nitrogens with two attached hydrogens (primary N) is 1. The molecule has 0 spiro atoms. The Morgan fingerprint density at radius 2 is 2.09 bits per heavy atom. The van der Waals surface area contributed by atoms with Crippen LogP contribution in [-0.2, 0) is 9.59 Å². The van der Waals surface area contributed by atoms with Crippen molar-refractivity contribution in [2.45, 2.75) is 32.7 Å². The molecule has 3 aromatic rings. The normalized spacial score (nSPS) is 18.8. The number of hydrogen-bond acceptors (Lipinski definition) is 6. The molecule has 2 N–H and O–H groups in total. The maximum absolute atomic E-state index is 13.5. The molecule has 1 atom stereocenters. The minimum atomic E-state index is -0.987. The number of amides is 2. The van der Waals surface area contributed by atoms with E-state index in [1.54, 1.807) is 45.5 Å². The minimum absolute atomic E-state index is 0.150. The van der Waals surface area contributed by atoms with Crippen LogP contribution in [0, 0.1) is 11.3 Å². The van der Waals surface area contributed by atoms with Gasteiger partial charge in [-0.2, -0.15) is 10.4 Å². The molecule has 3 heterocycles. The van der Waals surface area contributed by atoms with Gasteiger partial charge < -0.3 is 15.5 Å². The van der Waals surface area contributed by atoms with Crippen LogP contribution < -0.4 is 10.6 Å². The van der Waals surface area contributed by atoms with Crippen LogP contribution in [0.4, 0.5) is 11.5 Å². The van der Waals surface area contributed by atoms with Crippen LogP contribution in [0.5, 0.6) is 0 Å². The molecule has 0 radical (unpaired) electrons. The second kappa shape index (κ2) is 7.80. The zero-order valence-electron chi connectivity index (χ0n) is 18.0. The Morgan fingerprint density at radius 1 is 1.34 bits per heavy atom. The highest BCUT2D eigenvalue weighted by Gasteiger charge is 2.46. The van der Waals surface area contributed by atoms with E-state index in [9.17, 15) is 14.9 Å². The van der Waals surface area contributed by atoms with E-state index in [1.165, 1.54) is 13.3 Å². The lowest BCUT2D eigenvalue weighted by atomic mass is 9.90. The van der Waals surface area contributed by atoms with E-state index in [4.69, 9.17) is 17.3 Å². The number of nitriles is 1. The van der Waals surface area contributed by atoms with Crippen LogP contribution in [0.25, 0.3) is 16.8 Å². The van der Waals surface area contributed by atoms with Crippen molar-refractivity contribution in [1.29, 1.82) is 5.26 Å². The number of nitrogens with zero attached hydrogens (tertiary/aromatic N) is 6. The summed E-state index contributed by atoms with van der Waals surface area (Å²) in [5.74, 6) is -0.123. The van der Waals surface area contributed by atoms with Gasteiger partial charge in [0.05, 0.1) is 22.0 Å². The maximum atomic E-state index is 13.5. The summed E-state index contributed by atoms with van der Waals surface area (Å²) in [6.45, 7) is 5.77. The lowest BCUT2D eigenvalue weighted by molar-refractivity contribution is -0.147. The van der Waals surface area contributed by atoms with Crippen LogP contribution >= 0.6 is 11.6 Å². The van der Waals surface area contributed by atoms with E-state index in [0.29, 0.717) is 46.0 Å². The van der Waals surface area contributed by atoms with Crippen LogP contribution in [0.2, 0.25) is 5.02 Å². The fourth-order valence-corrected chi connectivity index (χ4v) is 4.55. The van der Waals surface area contributed by atoms with Gasteiger partial charge in [0.2, 0.25) is 5.91 Å². The van der Waals surface area contributed by atoms with Crippen molar-refractivity contribution >= 4 is 40.4 Å². The van der Waals surface area contributed by atoms with E-state index in [1.807, 2.05) is 6.92 Å². The number of rotatable bonds is 3. The highest BCUT2D eigenvalue weighted by Crippen LogP contribution is 2.36. The van der Waals surface area contributed by atoms with Crippen LogP contribution in [0.3, 0.4) is 0 Å². The van der Waals surface area contributed by atoms with Gasteiger partial charge in [-0.3, -0.25) is 9.59 Å². The largest absolute Gasteiger partial charge is 0.382 e. The molecule has 2 aromatic heterocycles. The third kappa shape index (κ3) is 3.15. The summed E-state index contributed by atoms with van der Waals surface area (Å²) in [6, 6.07) is 9.10. The molecule has 2 amide bonds. The van der Waals surface area contributed by atoms with Crippen molar-refractivity contribution in [3.63, 3.8) is 0 Å². The number of fused-ring (bicyclic) bond motifs is 1. The molecular formula is C22H22ClN7O2. The number of aromatic nitrogens is 3. The molecule has 1 aromatic carbocycles. The van der Waals surface area contributed by atoms with Gasteiger partial charge in [-0.1, -0.05) is 24.6 Å². The molecule has 0 unspecified atom stereocenters. The quantitative estimate of drug-likeness (QED) is 0.653. The highest BCUT2D eigenvalue weighted by atomic mass is 35.5. The molecule has 9 nitrogen and oxygen atoms in total. The Balaban J connectivity index is 1.85. The fourth-order valence-electron chi connectivity index (χ4n) is 4.27. The second-order valence-corrected chi connectivity index (χ2v) is 8.29. The molecule has 10 heteroatoms. The molecule has 164 valence electrons. The van der Waals surface area contributed by atoms with Gasteiger partial charge in [0.1, 0.15) is 23.5 Å². The summed E-state index contributed by atoms with van der Waals surface area (Å²) in [7, 11) is 0. The summed E-state index contributed by atoms with van der Waals surface area (Å²) in [6.07, 6.45) is 1.79. The van der Waals surface area contributed by atoms with Crippen molar-refractivity contribution < 1.29 is 9.59 Å². The first-order valence-electron chi connectivity index (χ1n) is 10.1. The fraction of sp³-hybridized carbons (Fsp3) is 0.318. The van der Waals surface area contributed by atoms with E-state index in [0.717, 1.165) is 0 Å². The predicted octanol–water partition coefficient (Wildman–Crippen LogP) is 2.87. The van der Waals surface area contributed by atoms with E-state index >= 15 is 0 Å². The molecule has 1 saturated heterocycles. The minimum Gasteiger partial charge on any atom is -0.382 e. The lowest BCUT2D eigenvalue weighted by Crippen LogP contribution is -2.65. The highest BCUT2D eigenvalue weighted by molar-refractivity contribution is 6.35. The first-order valence-corrected chi connectivity index (χ1v) is 10.5. The first kappa shape index (κ1) is 21.6. The summed E-state index contributed by atoms with van der Waals surface area (Å²) in [4.78, 5) is 32.8. The van der Waals surface area contributed by atoms with E-state index < -0.39 is 5.54 Å². The Bertz CT molecular complexity index is 1300. The molecular weight excluding hydrogens is 430 g/mol. The Kier molecular flexibility index (Phi) is 5.26. The van der Waals surface area contributed by atoms with Gasteiger partial charge in [0.25, 0.3) is 5.91 Å². The van der Waals surface area contributed by atoms with Crippen molar-refractivity contribution in [3.8, 4) is 17.3 Å². The average molecular weight is 452 g/mol. The number of nitrogen functional groups attached to an aromatic ring is 1. The number of hydrogen-bond donors (Lipinski definition) is 1. The number of benzene rings is 1. The molecule has 0 aliphatic carbocycles. The van der Waals surface area contributed by atoms with Crippen molar-refractivity contribution in [1.82, 2.24) is 19.5 Å². The SMILES string of the molecule is CC[C@]1(C)C(=O)N(c2cc(-c3cc(Cl)c4c(N)ncnn34)ccc2C#N)CCN1C(C)=O. The zero-order valence-corrected chi connectivity index (χ0v) is 18.7. The number of carbonyl (C=O) groups is 2. The summed E-state index contributed by atoms with van der Waals surface area (Å²) >= 11 is 6.37. The monoisotopic (exact) mass is 451 g/mol. The smallest absolute Gasteiger partial charge is 0.252 e. The molecule has 0 bridgehead atoms. The topological polar surface area (TPSA) is 121 Å². The van der Waals surface area contributed by atoms with Crippen molar-refractivity contribution in [2.75, 3.05) is 23.7 Å². The van der Waals surface area contributed by atoms with E-state index in [2.05, 4.69) is 16.2 Å². The molecule has 1 aliphatic heterocycles. The summed E-state index contributed by atoms with van der Waals surface area (Å²) in [5, 5.41) is 14.4.